The van der Waals surface area contributed by atoms with Crippen molar-refractivity contribution < 1.29 is 9.90 Å². The summed E-state index contributed by atoms with van der Waals surface area (Å²) in [5, 5.41) is 12.5. The topological polar surface area (TPSA) is 37.3 Å². The fraction of sp³-hybridized carbons (Fsp3) is 0.154. The maximum absolute atomic E-state index is 10.2. The number of aromatic carboxylic acids is 1. The summed E-state index contributed by atoms with van der Waals surface area (Å²) in [4.78, 5) is 10.2. The maximum atomic E-state index is 10.2. The van der Waals surface area contributed by atoms with Crippen molar-refractivity contribution in [3.05, 3.63) is 58.8 Å². The van der Waals surface area contributed by atoms with Crippen molar-refractivity contribution in [3.63, 3.8) is 0 Å². The Morgan fingerprint density at radius 3 is 2.00 bits per heavy atom. The standard InChI is InChI=1S/C7H6O2.C4H4S.C2H9B3/c8-7(9)6-4-2-1-3-5-6;1-2-4-5-3-1;1-2-4-5-3/h1-5H,(H,8,9);1-4H;4-5H,2-3H2,1H3. The van der Waals surface area contributed by atoms with Gasteiger partial charge in [-0.2, -0.15) is 11.3 Å². The third kappa shape index (κ3) is 11.4. The monoisotopic (exact) mass is 272 g/mol. The van der Waals surface area contributed by atoms with Crippen molar-refractivity contribution in [1.82, 2.24) is 0 Å². The Labute approximate surface area is 121 Å². The van der Waals surface area contributed by atoms with Crippen LogP contribution >= 0.6 is 11.3 Å². The van der Waals surface area contributed by atoms with E-state index in [0.717, 1.165) is 0 Å². The molecular weight excluding hydrogens is 253 g/mol. The van der Waals surface area contributed by atoms with Gasteiger partial charge in [-0.3, -0.25) is 0 Å². The fourth-order valence-electron chi connectivity index (χ4n) is 1.16. The summed E-state index contributed by atoms with van der Waals surface area (Å²) in [5.41, 5.74) is 0.331. The SMILES string of the molecule is BBBCC.O=C(O)c1ccccc1.c1ccsc1. The summed E-state index contributed by atoms with van der Waals surface area (Å²) in [5.74, 6) is -0.879. The van der Waals surface area contributed by atoms with Gasteiger partial charge >= 0.3 is 5.97 Å². The van der Waals surface area contributed by atoms with E-state index in [0.29, 0.717) is 5.56 Å². The molecule has 19 heavy (non-hydrogen) atoms. The lowest BCUT2D eigenvalue weighted by atomic mass is 9.27. The van der Waals surface area contributed by atoms with E-state index >= 15 is 0 Å². The van der Waals surface area contributed by atoms with Gasteiger partial charge in [0.1, 0.15) is 0 Å². The fourth-order valence-corrected chi connectivity index (χ4v) is 1.61. The predicted octanol–water partition coefficient (Wildman–Crippen LogP) is 1.89. The summed E-state index contributed by atoms with van der Waals surface area (Å²) >= 11 is 1.71. The zero-order valence-electron chi connectivity index (χ0n) is 11.6. The quantitative estimate of drug-likeness (QED) is 0.866. The molecule has 0 fully saturated rings. The van der Waals surface area contributed by atoms with E-state index in [1.165, 1.54) is 20.6 Å². The molecule has 1 heterocycles. The average Bonchev–Trinajstić information content (AvgIpc) is 3.00. The number of carbonyl (C=O) groups is 1. The van der Waals surface area contributed by atoms with Crippen LogP contribution in [0.25, 0.3) is 0 Å². The molecule has 0 radical (unpaired) electrons. The number of hydrogen-bond acceptors (Lipinski definition) is 2. The molecule has 2 aromatic rings. The number of rotatable bonds is 3. The Morgan fingerprint density at radius 2 is 1.79 bits per heavy atom. The molecule has 0 aliphatic rings. The molecule has 0 bridgehead atoms. The minimum absolute atomic E-state index is 0.331. The van der Waals surface area contributed by atoms with Gasteiger partial charge < -0.3 is 5.11 Å². The minimum atomic E-state index is -0.879. The maximum Gasteiger partial charge on any atom is 0.335 e. The van der Waals surface area contributed by atoms with Crippen LogP contribution in [0.4, 0.5) is 0 Å². The predicted molar refractivity (Wildman–Crippen MR) is 91.0 cm³/mol. The zero-order valence-corrected chi connectivity index (χ0v) is 12.4. The number of hydrogen-bond donors (Lipinski definition) is 1. The van der Waals surface area contributed by atoms with E-state index < -0.39 is 5.97 Å². The Hall–Kier alpha value is -1.42. The van der Waals surface area contributed by atoms with E-state index in [1.807, 2.05) is 22.9 Å². The number of carboxylic acid groups (broad SMARTS) is 1. The summed E-state index contributed by atoms with van der Waals surface area (Å²) in [6.07, 6.45) is 1.34. The lowest BCUT2D eigenvalue weighted by Crippen LogP contribution is -1.98. The van der Waals surface area contributed by atoms with Crippen LogP contribution in [0.3, 0.4) is 0 Å². The molecule has 0 amide bonds. The van der Waals surface area contributed by atoms with Crippen LogP contribution in [-0.4, -0.2) is 33.0 Å². The smallest absolute Gasteiger partial charge is 0.335 e. The van der Waals surface area contributed by atoms with Crippen molar-refractivity contribution in [2.24, 2.45) is 0 Å². The summed E-state index contributed by atoms with van der Waals surface area (Å²) in [6.45, 7) is 2.21. The third-order valence-electron chi connectivity index (χ3n) is 2.15. The van der Waals surface area contributed by atoms with Gasteiger partial charge in [-0.05, 0) is 22.9 Å². The Bertz CT molecular complexity index is 388. The average molecular weight is 272 g/mol. The second-order valence-electron chi connectivity index (χ2n) is 3.82. The molecule has 0 spiro atoms. The second-order valence-corrected chi connectivity index (χ2v) is 4.63. The van der Waals surface area contributed by atoms with E-state index in [2.05, 4.69) is 14.7 Å². The molecule has 1 N–H and O–H groups in total. The van der Waals surface area contributed by atoms with Gasteiger partial charge in [-0.25, -0.2) is 4.79 Å². The Kier molecular flexibility index (Phi) is 12.1. The first-order valence-corrected chi connectivity index (χ1v) is 7.42. The highest BCUT2D eigenvalue weighted by Gasteiger charge is 1.96. The van der Waals surface area contributed by atoms with Crippen molar-refractivity contribution in [2.45, 2.75) is 13.2 Å². The highest BCUT2D eigenvalue weighted by atomic mass is 32.1. The van der Waals surface area contributed by atoms with Crippen LogP contribution in [0.15, 0.2) is 53.2 Å². The molecule has 1 aromatic carbocycles. The van der Waals surface area contributed by atoms with Crippen LogP contribution in [0.1, 0.15) is 17.3 Å². The molecule has 0 unspecified atom stereocenters. The van der Waals surface area contributed by atoms with Gasteiger partial charge in [0.25, 0.3) is 0 Å². The molecule has 1 aromatic heterocycles. The van der Waals surface area contributed by atoms with Gasteiger partial charge in [0, 0.05) is 0 Å². The lowest BCUT2D eigenvalue weighted by Gasteiger charge is -1.88. The Balaban J connectivity index is 0.000000278. The molecule has 0 saturated heterocycles. The largest absolute Gasteiger partial charge is 0.478 e. The highest BCUT2D eigenvalue weighted by Crippen LogP contribution is 1.96. The number of carboxylic acids is 1. The Morgan fingerprint density at radius 1 is 1.21 bits per heavy atom. The normalized spacial score (nSPS) is 8.05. The van der Waals surface area contributed by atoms with Gasteiger partial charge in [0.2, 0.25) is 0 Å². The second kappa shape index (κ2) is 13.0. The first kappa shape index (κ1) is 17.6. The van der Waals surface area contributed by atoms with Gasteiger partial charge in [0.05, 0.1) is 27.5 Å². The molecule has 2 nitrogen and oxygen atoms in total. The molecule has 98 valence electrons. The molecule has 0 aliphatic heterocycles. The van der Waals surface area contributed by atoms with Crippen molar-refractivity contribution in [3.8, 4) is 0 Å². The highest BCUT2D eigenvalue weighted by molar-refractivity contribution is 7.23. The summed E-state index contributed by atoms with van der Waals surface area (Å²) in [6, 6.07) is 12.3. The van der Waals surface area contributed by atoms with Crippen LogP contribution in [-0.2, 0) is 0 Å². The van der Waals surface area contributed by atoms with E-state index in [1.54, 1.807) is 41.7 Å². The molecule has 0 aliphatic carbocycles. The summed E-state index contributed by atoms with van der Waals surface area (Å²) < 4.78 is 0. The number of benzene rings is 1. The number of thiophene rings is 1. The molecule has 6 heteroatoms. The van der Waals surface area contributed by atoms with Gasteiger partial charge in [-0.15, -0.1) is 0 Å². The third-order valence-corrected chi connectivity index (χ3v) is 2.78. The zero-order chi connectivity index (χ0) is 14.3. The first-order valence-electron chi connectivity index (χ1n) is 6.47. The van der Waals surface area contributed by atoms with Crippen LogP contribution in [0, 0.1) is 0 Å². The first-order chi connectivity index (χ1) is 9.22. The molecule has 0 saturated carbocycles. The lowest BCUT2D eigenvalue weighted by molar-refractivity contribution is 0.0697. The van der Waals surface area contributed by atoms with E-state index in [4.69, 9.17) is 5.11 Å². The molecule has 0 atom stereocenters. The summed E-state index contributed by atoms with van der Waals surface area (Å²) in [7, 11) is 4.94. The van der Waals surface area contributed by atoms with Gasteiger partial charge in [0.15, 0.2) is 0 Å². The van der Waals surface area contributed by atoms with Crippen LogP contribution in [0.5, 0.6) is 0 Å². The minimum Gasteiger partial charge on any atom is -0.478 e. The van der Waals surface area contributed by atoms with Crippen LogP contribution in [0.2, 0.25) is 6.32 Å². The molecule has 2 rings (SSSR count). The van der Waals surface area contributed by atoms with Crippen molar-refractivity contribution in [1.29, 1.82) is 0 Å². The molecular formula is C13H19B3O2S. The van der Waals surface area contributed by atoms with Gasteiger partial charge in [-0.1, -0.05) is 43.6 Å². The van der Waals surface area contributed by atoms with Crippen molar-refractivity contribution >= 4 is 39.3 Å². The van der Waals surface area contributed by atoms with E-state index in [9.17, 15) is 4.79 Å². The van der Waals surface area contributed by atoms with E-state index in [-0.39, 0.29) is 0 Å². The van der Waals surface area contributed by atoms with Crippen LogP contribution < -0.4 is 0 Å². The van der Waals surface area contributed by atoms with Crippen molar-refractivity contribution in [2.75, 3.05) is 0 Å².